The number of pyridine rings is 1. The lowest BCUT2D eigenvalue weighted by Crippen LogP contribution is -2.29. The van der Waals surface area contributed by atoms with Gasteiger partial charge in [-0.15, -0.1) is 10.2 Å². The lowest BCUT2D eigenvalue weighted by molar-refractivity contribution is -0.137. The summed E-state index contributed by atoms with van der Waals surface area (Å²) >= 11 is 6.21. The molecule has 0 spiro atoms. The van der Waals surface area contributed by atoms with Crippen LogP contribution in [0.5, 0.6) is 5.75 Å². The van der Waals surface area contributed by atoms with Gasteiger partial charge in [-0.25, -0.2) is 0 Å². The number of hydrogen-bond donors (Lipinski definition) is 0. The molecular weight excluding hydrogens is 453 g/mol. The molecule has 0 fully saturated rings. The Morgan fingerprint density at radius 3 is 2.30 bits per heavy atom. The standard InChI is InChI=1S/C24H20ClF3N4O/c1-23(2,33-20-9-8-16(25)14-18(20)15-10-12-29-13-11-15)22-31-30-21(32(22)3)17-6-4-5-7-19(17)24(26,27)28/h4-14H,1-3H3. The SMILES string of the molecule is Cn1c(-c2ccccc2C(F)(F)F)nnc1C(C)(C)Oc1ccc(Cl)cc1-c1ccncc1. The van der Waals surface area contributed by atoms with Gasteiger partial charge in [-0.3, -0.25) is 4.98 Å². The Kier molecular flexibility index (Phi) is 5.88. The average Bonchev–Trinajstić information content (AvgIpc) is 3.17. The molecule has 0 unspecified atom stereocenters. The van der Waals surface area contributed by atoms with Crippen LogP contribution in [-0.4, -0.2) is 19.7 Å². The van der Waals surface area contributed by atoms with E-state index in [4.69, 9.17) is 16.3 Å². The molecule has 2 aromatic carbocycles. The maximum absolute atomic E-state index is 13.5. The number of rotatable bonds is 5. The summed E-state index contributed by atoms with van der Waals surface area (Å²) in [7, 11) is 1.62. The van der Waals surface area contributed by atoms with E-state index < -0.39 is 17.3 Å². The third kappa shape index (κ3) is 4.57. The highest BCUT2D eigenvalue weighted by Gasteiger charge is 2.36. The molecule has 0 atom stereocenters. The molecule has 0 bridgehead atoms. The number of alkyl halides is 3. The highest BCUT2D eigenvalue weighted by molar-refractivity contribution is 6.31. The molecule has 0 saturated carbocycles. The molecular formula is C24H20ClF3N4O. The molecule has 0 N–H and O–H groups in total. The third-order valence-corrected chi connectivity index (χ3v) is 5.42. The zero-order valence-electron chi connectivity index (χ0n) is 18.1. The van der Waals surface area contributed by atoms with Crippen molar-refractivity contribution in [1.82, 2.24) is 19.7 Å². The normalized spacial score (nSPS) is 12.1. The van der Waals surface area contributed by atoms with Crippen LogP contribution in [0.2, 0.25) is 5.02 Å². The lowest BCUT2D eigenvalue weighted by Gasteiger charge is -2.27. The Bertz CT molecular complexity index is 1290. The molecule has 0 amide bonds. The monoisotopic (exact) mass is 472 g/mol. The zero-order chi connectivity index (χ0) is 23.8. The Labute approximate surface area is 193 Å². The first-order valence-electron chi connectivity index (χ1n) is 10.0. The summed E-state index contributed by atoms with van der Waals surface area (Å²) in [5.74, 6) is 1.00. The maximum atomic E-state index is 13.5. The lowest BCUT2D eigenvalue weighted by atomic mass is 10.0. The molecule has 4 aromatic rings. The van der Waals surface area contributed by atoms with E-state index in [9.17, 15) is 13.2 Å². The maximum Gasteiger partial charge on any atom is 0.417 e. The van der Waals surface area contributed by atoms with E-state index in [0.29, 0.717) is 16.6 Å². The quantitative estimate of drug-likeness (QED) is 0.331. The largest absolute Gasteiger partial charge is 0.479 e. The molecule has 9 heteroatoms. The van der Waals surface area contributed by atoms with Gasteiger partial charge in [-0.05, 0) is 55.8 Å². The van der Waals surface area contributed by atoms with Crippen LogP contribution < -0.4 is 4.74 Å². The predicted octanol–water partition coefficient (Wildman–Crippen LogP) is 6.53. The van der Waals surface area contributed by atoms with Crippen LogP contribution in [0.4, 0.5) is 13.2 Å². The van der Waals surface area contributed by atoms with Crippen molar-refractivity contribution < 1.29 is 17.9 Å². The fourth-order valence-electron chi connectivity index (χ4n) is 3.68. The van der Waals surface area contributed by atoms with Crippen molar-refractivity contribution in [2.24, 2.45) is 7.05 Å². The fourth-order valence-corrected chi connectivity index (χ4v) is 3.85. The second-order valence-electron chi connectivity index (χ2n) is 7.94. The van der Waals surface area contributed by atoms with Crippen molar-refractivity contribution in [3.05, 3.63) is 83.4 Å². The van der Waals surface area contributed by atoms with Crippen molar-refractivity contribution in [1.29, 1.82) is 0 Å². The molecule has 170 valence electrons. The van der Waals surface area contributed by atoms with Gasteiger partial charge in [0.25, 0.3) is 0 Å². The zero-order valence-corrected chi connectivity index (χ0v) is 18.8. The fraction of sp³-hybridized carbons (Fsp3) is 0.208. The molecule has 2 aromatic heterocycles. The number of aromatic nitrogens is 4. The van der Waals surface area contributed by atoms with Gasteiger partial charge in [0.15, 0.2) is 17.2 Å². The van der Waals surface area contributed by atoms with Crippen LogP contribution in [0.15, 0.2) is 67.0 Å². The minimum absolute atomic E-state index is 0.0500. The van der Waals surface area contributed by atoms with E-state index >= 15 is 0 Å². The highest BCUT2D eigenvalue weighted by atomic mass is 35.5. The van der Waals surface area contributed by atoms with E-state index in [2.05, 4.69) is 15.2 Å². The summed E-state index contributed by atoms with van der Waals surface area (Å²) in [5.41, 5.74) is -0.240. The molecule has 4 rings (SSSR count). The molecule has 0 radical (unpaired) electrons. The first kappa shape index (κ1) is 22.8. The van der Waals surface area contributed by atoms with Crippen molar-refractivity contribution in [2.75, 3.05) is 0 Å². The van der Waals surface area contributed by atoms with Crippen LogP contribution in [0.1, 0.15) is 25.2 Å². The molecule has 0 aliphatic rings. The molecule has 5 nitrogen and oxygen atoms in total. The Morgan fingerprint density at radius 2 is 1.61 bits per heavy atom. The number of benzene rings is 2. The third-order valence-electron chi connectivity index (χ3n) is 5.18. The summed E-state index contributed by atoms with van der Waals surface area (Å²) in [6, 6.07) is 14.2. The minimum atomic E-state index is -4.52. The molecule has 2 heterocycles. The van der Waals surface area contributed by atoms with E-state index in [-0.39, 0.29) is 11.4 Å². The van der Waals surface area contributed by atoms with Gasteiger partial charge in [-0.1, -0.05) is 29.8 Å². The topological polar surface area (TPSA) is 52.8 Å². The first-order chi connectivity index (χ1) is 15.6. The van der Waals surface area contributed by atoms with Gasteiger partial charge in [0.2, 0.25) is 0 Å². The smallest absolute Gasteiger partial charge is 0.417 e. The van der Waals surface area contributed by atoms with Crippen molar-refractivity contribution >= 4 is 11.6 Å². The molecule has 0 aliphatic heterocycles. The number of ether oxygens (including phenoxy) is 1. The van der Waals surface area contributed by atoms with Gasteiger partial charge in [0, 0.05) is 35.6 Å². The molecule has 0 saturated heterocycles. The van der Waals surface area contributed by atoms with E-state index in [1.165, 1.54) is 22.8 Å². The Hall–Kier alpha value is -3.39. The molecule has 33 heavy (non-hydrogen) atoms. The minimum Gasteiger partial charge on any atom is -0.479 e. The van der Waals surface area contributed by atoms with E-state index in [1.54, 1.807) is 51.5 Å². The van der Waals surface area contributed by atoms with Crippen LogP contribution in [-0.2, 0) is 18.8 Å². The van der Waals surface area contributed by atoms with Gasteiger partial charge < -0.3 is 9.30 Å². The van der Waals surface area contributed by atoms with Crippen LogP contribution in [0.3, 0.4) is 0 Å². The number of halogens is 4. The van der Waals surface area contributed by atoms with E-state index in [0.717, 1.165) is 17.2 Å². The van der Waals surface area contributed by atoms with Crippen molar-refractivity contribution in [3.8, 4) is 28.3 Å². The van der Waals surface area contributed by atoms with Crippen LogP contribution in [0, 0.1) is 0 Å². The second-order valence-corrected chi connectivity index (χ2v) is 8.37. The summed E-state index contributed by atoms with van der Waals surface area (Å²) in [6.07, 6.45) is -1.19. The Balaban J connectivity index is 1.74. The second kappa shape index (κ2) is 8.51. The summed E-state index contributed by atoms with van der Waals surface area (Å²) in [4.78, 5) is 4.04. The number of hydrogen-bond acceptors (Lipinski definition) is 4. The van der Waals surface area contributed by atoms with E-state index in [1.807, 2.05) is 12.1 Å². The van der Waals surface area contributed by atoms with Crippen LogP contribution >= 0.6 is 11.6 Å². The summed E-state index contributed by atoms with van der Waals surface area (Å²) in [6.45, 7) is 3.56. The van der Waals surface area contributed by atoms with Gasteiger partial charge in [0.1, 0.15) is 5.75 Å². The first-order valence-corrected chi connectivity index (χ1v) is 10.4. The predicted molar refractivity (Wildman–Crippen MR) is 120 cm³/mol. The van der Waals surface area contributed by atoms with Crippen molar-refractivity contribution in [3.63, 3.8) is 0 Å². The van der Waals surface area contributed by atoms with Gasteiger partial charge in [0.05, 0.1) is 5.56 Å². The van der Waals surface area contributed by atoms with Gasteiger partial charge >= 0.3 is 6.18 Å². The van der Waals surface area contributed by atoms with Gasteiger partial charge in [-0.2, -0.15) is 13.2 Å². The number of nitrogens with zero attached hydrogens (tertiary/aromatic N) is 4. The summed E-state index contributed by atoms with van der Waals surface area (Å²) in [5, 5.41) is 8.79. The highest BCUT2D eigenvalue weighted by Crippen LogP contribution is 2.39. The Morgan fingerprint density at radius 1 is 0.909 bits per heavy atom. The average molecular weight is 473 g/mol. The van der Waals surface area contributed by atoms with Crippen LogP contribution in [0.25, 0.3) is 22.5 Å². The summed E-state index contributed by atoms with van der Waals surface area (Å²) < 4.78 is 48.5. The van der Waals surface area contributed by atoms with Crippen molar-refractivity contribution in [2.45, 2.75) is 25.6 Å². The molecule has 0 aliphatic carbocycles.